The van der Waals surface area contributed by atoms with Gasteiger partial charge in [0.25, 0.3) is 0 Å². The molecule has 2 nitrogen and oxygen atoms in total. The second-order valence-electron chi connectivity index (χ2n) is 5.04. The van der Waals surface area contributed by atoms with Crippen molar-refractivity contribution in [3.05, 3.63) is 28.2 Å². The third-order valence-electron chi connectivity index (χ3n) is 3.83. The number of nitrogens with two attached hydrogens (primary N) is 1. The lowest BCUT2D eigenvalue weighted by Crippen LogP contribution is -2.29. The zero-order valence-corrected chi connectivity index (χ0v) is 14.0. The summed E-state index contributed by atoms with van der Waals surface area (Å²) in [6.07, 6.45) is 3.43. The topological polar surface area (TPSA) is 29.3 Å². The Kier molecular flexibility index (Phi) is 7.47. The van der Waals surface area contributed by atoms with Crippen molar-refractivity contribution in [1.29, 1.82) is 0 Å². The average Bonchev–Trinajstić information content (AvgIpc) is 2.43. The van der Waals surface area contributed by atoms with Gasteiger partial charge in [-0.05, 0) is 43.5 Å². The molecular weight excluding hydrogens is 300 g/mol. The van der Waals surface area contributed by atoms with E-state index in [-0.39, 0.29) is 0 Å². The number of anilines is 1. The molecule has 0 saturated carbocycles. The van der Waals surface area contributed by atoms with Crippen LogP contribution >= 0.6 is 15.9 Å². The Labute approximate surface area is 126 Å². The molecule has 0 saturated heterocycles. The molecule has 0 radical (unpaired) electrons. The molecule has 0 unspecified atom stereocenters. The molecule has 0 aliphatic heterocycles. The molecular formula is C16H27BrN2. The highest BCUT2D eigenvalue weighted by Crippen LogP contribution is 2.25. The van der Waals surface area contributed by atoms with Crippen LogP contribution in [0.5, 0.6) is 0 Å². The summed E-state index contributed by atoms with van der Waals surface area (Å²) in [5.74, 6) is 0.780. The van der Waals surface area contributed by atoms with Gasteiger partial charge >= 0.3 is 0 Å². The number of hydrogen-bond acceptors (Lipinski definition) is 2. The maximum absolute atomic E-state index is 5.62. The van der Waals surface area contributed by atoms with Crippen LogP contribution < -0.4 is 10.6 Å². The lowest BCUT2D eigenvalue weighted by Gasteiger charge is -2.28. The Bertz CT molecular complexity index is 375. The number of benzene rings is 1. The summed E-state index contributed by atoms with van der Waals surface area (Å²) in [6.45, 7) is 9.68. The fraction of sp³-hybridized carbons (Fsp3) is 0.625. The molecule has 108 valence electrons. The van der Waals surface area contributed by atoms with Gasteiger partial charge in [0.05, 0.1) is 0 Å². The molecule has 19 heavy (non-hydrogen) atoms. The normalized spacial score (nSPS) is 11.1. The van der Waals surface area contributed by atoms with Crippen LogP contribution in [0.1, 0.15) is 39.2 Å². The van der Waals surface area contributed by atoms with Gasteiger partial charge in [-0.25, -0.2) is 0 Å². The van der Waals surface area contributed by atoms with Crippen molar-refractivity contribution in [3.63, 3.8) is 0 Å². The van der Waals surface area contributed by atoms with E-state index in [0.29, 0.717) is 6.54 Å². The van der Waals surface area contributed by atoms with Gasteiger partial charge in [0, 0.05) is 23.2 Å². The molecule has 1 rings (SSSR count). The molecule has 0 bridgehead atoms. The highest BCUT2D eigenvalue weighted by molar-refractivity contribution is 9.10. The van der Waals surface area contributed by atoms with Gasteiger partial charge in [-0.2, -0.15) is 0 Å². The van der Waals surface area contributed by atoms with Crippen LogP contribution in [0.2, 0.25) is 0 Å². The van der Waals surface area contributed by atoms with Gasteiger partial charge in [0.2, 0.25) is 0 Å². The average molecular weight is 327 g/mol. The predicted octanol–water partition coefficient (Wildman–Crippen LogP) is 4.21. The Balaban J connectivity index is 2.83. The maximum Gasteiger partial charge on any atom is 0.0377 e. The molecule has 0 amide bonds. The van der Waals surface area contributed by atoms with Crippen LogP contribution in [0.25, 0.3) is 0 Å². The zero-order valence-electron chi connectivity index (χ0n) is 12.5. The lowest BCUT2D eigenvalue weighted by molar-refractivity contribution is 0.486. The first-order valence-corrected chi connectivity index (χ1v) is 8.18. The van der Waals surface area contributed by atoms with Gasteiger partial charge in [0.15, 0.2) is 0 Å². The molecule has 1 aromatic rings. The summed E-state index contributed by atoms with van der Waals surface area (Å²) >= 11 is 3.66. The fourth-order valence-electron chi connectivity index (χ4n) is 2.37. The smallest absolute Gasteiger partial charge is 0.0377 e. The second-order valence-corrected chi connectivity index (χ2v) is 5.89. The summed E-state index contributed by atoms with van der Waals surface area (Å²) in [5.41, 5.74) is 8.23. The lowest BCUT2D eigenvalue weighted by atomic mass is 10.0. The number of hydrogen-bond donors (Lipinski definition) is 1. The summed E-state index contributed by atoms with van der Waals surface area (Å²) < 4.78 is 1.18. The first kappa shape index (κ1) is 16.5. The van der Waals surface area contributed by atoms with E-state index in [1.165, 1.54) is 28.6 Å². The van der Waals surface area contributed by atoms with E-state index < -0.39 is 0 Å². The minimum Gasteiger partial charge on any atom is -0.372 e. The first-order chi connectivity index (χ1) is 9.15. The number of halogens is 1. The minimum atomic E-state index is 0.698. The minimum absolute atomic E-state index is 0.698. The van der Waals surface area contributed by atoms with E-state index in [9.17, 15) is 0 Å². The Morgan fingerprint density at radius 1 is 1.21 bits per heavy atom. The van der Waals surface area contributed by atoms with E-state index in [4.69, 9.17) is 5.73 Å². The van der Waals surface area contributed by atoms with Crippen molar-refractivity contribution in [1.82, 2.24) is 0 Å². The van der Waals surface area contributed by atoms with Crippen molar-refractivity contribution < 1.29 is 0 Å². The third kappa shape index (κ3) is 4.81. The number of nitrogens with zero attached hydrogens (tertiary/aromatic N) is 1. The van der Waals surface area contributed by atoms with Gasteiger partial charge < -0.3 is 10.6 Å². The quantitative estimate of drug-likeness (QED) is 0.775. The number of rotatable bonds is 8. The summed E-state index contributed by atoms with van der Waals surface area (Å²) in [4.78, 5) is 2.47. The molecule has 0 aliphatic carbocycles. The van der Waals surface area contributed by atoms with E-state index in [1.54, 1.807) is 0 Å². The van der Waals surface area contributed by atoms with E-state index in [0.717, 1.165) is 25.4 Å². The SMILES string of the molecule is CCC(CC)CN(CC)c1ccc(CCN)c(Br)c1. The molecule has 1 aromatic carbocycles. The molecule has 0 aliphatic rings. The third-order valence-corrected chi connectivity index (χ3v) is 4.57. The molecule has 0 aromatic heterocycles. The fourth-order valence-corrected chi connectivity index (χ4v) is 2.93. The Hall–Kier alpha value is -0.540. The Morgan fingerprint density at radius 3 is 2.37 bits per heavy atom. The summed E-state index contributed by atoms with van der Waals surface area (Å²) in [7, 11) is 0. The Morgan fingerprint density at radius 2 is 1.89 bits per heavy atom. The van der Waals surface area contributed by atoms with Crippen molar-refractivity contribution in [2.45, 2.75) is 40.0 Å². The van der Waals surface area contributed by atoms with Crippen LogP contribution in [0, 0.1) is 5.92 Å². The molecule has 0 spiro atoms. The standard InChI is InChI=1S/C16H27BrN2/c1-4-13(5-2)12-19(6-3)15-8-7-14(9-10-18)16(17)11-15/h7-8,11,13H,4-6,9-10,12,18H2,1-3H3. The van der Waals surface area contributed by atoms with Crippen LogP contribution in [-0.4, -0.2) is 19.6 Å². The zero-order chi connectivity index (χ0) is 14.3. The van der Waals surface area contributed by atoms with Crippen LogP contribution in [0.3, 0.4) is 0 Å². The maximum atomic E-state index is 5.62. The van der Waals surface area contributed by atoms with Crippen molar-refractivity contribution >= 4 is 21.6 Å². The molecule has 2 N–H and O–H groups in total. The molecule has 0 fully saturated rings. The van der Waals surface area contributed by atoms with Crippen LogP contribution in [-0.2, 0) is 6.42 Å². The van der Waals surface area contributed by atoms with E-state index in [1.807, 2.05) is 0 Å². The van der Waals surface area contributed by atoms with Gasteiger partial charge in [-0.3, -0.25) is 0 Å². The monoisotopic (exact) mass is 326 g/mol. The van der Waals surface area contributed by atoms with Gasteiger partial charge in [-0.15, -0.1) is 0 Å². The highest BCUT2D eigenvalue weighted by atomic mass is 79.9. The molecule has 0 atom stereocenters. The predicted molar refractivity (Wildman–Crippen MR) is 88.9 cm³/mol. The second kappa shape index (κ2) is 8.60. The van der Waals surface area contributed by atoms with Crippen LogP contribution in [0.4, 0.5) is 5.69 Å². The first-order valence-electron chi connectivity index (χ1n) is 7.39. The van der Waals surface area contributed by atoms with Gasteiger partial charge in [-0.1, -0.05) is 48.7 Å². The highest BCUT2D eigenvalue weighted by Gasteiger charge is 2.11. The van der Waals surface area contributed by atoms with Crippen molar-refractivity contribution in [2.75, 3.05) is 24.5 Å². The van der Waals surface area contributed by atoms with Gasteiger partial charge in [0.1, 0.15) is 0 Å². The summed E-state index contributed by atoms with van der Waals surface area (Å²) in [6, 6.07) is 6.65. The van der Waals surface area contributed by atoms with E-state index >= 15 is 0 Å². The summed E-state index contributed by atoms with van der Waals surface area (Å²) in [5, 5.41) is 0. The molecule has 0 heterocycles. The largest absolute Gasteiger partial charge is 0.372 e. The van der Waals surface area contributed by atoms with Crippen molar-refractivity contribution in [2.24, 2.45) is 11.7 Å². The van der Waals surface area contributed by atoms with Crippen LogP contribution in [0.15, 0.2) is 22.7 Å². The van der Waals surface area contributed by atoms with Crippen molar-refractivity contribution in [3.8, 4) is 0 Å². The molecule has 3 heteroatoms. The van der Waals surface area contributed by atoms with E-state index in [2.05, 4.69) is 59.8 Å².